The third-order valence-electron chi connectivity index (χ3n) is 2.63. The van der Waals surface area contributed by atoms with Crippen LogP contribution in [0.4, 0.5) is 8.78 Å². The average Bonchev–Trinajstić information content (AvgIpc) is 2.35. The quantitative estimate of drug-likeness (QED) is 0.757. The number of halogens is 3. The molecule has 0 aliphatic rings. The number of ketones is 1. The Hall–Kier alpha value is -1.55. The van der Waals surface area contributed by atoms with Gasteiger partial charge in [0, 0.05) is 11.1 Å². The zero-order valence-corrected chi connectivity index (χ0v) is 11.1. The molecule has 0 atom stereocenters. The Bertz CT molecular complexity index is 623. The first-order chi connectivity index (χ1) is 8.49. The van der Waals surface area contributed by atoms with E-state index in [-0.39, 0.29) is 15.6 Å². The number of hydrogen-bond donors (Lipinski definition) is 0. The first-order valence-electron chi connectivity index (χ1n) is 5.25. The van der Waals surface area contributed by atoms with Crippen molar-refractivity contribution in [3.05, 3.63) is 69.2 Å². The van der Waals surface area contributed by atoms with Crippen molar-refractivity contribution < 1.29 is 13.6 Å². The van der Waals surface area contributed by atoms with Crippen LogP contribution in [0.1, 0.15) is 21.5 Å². The van der Waals surface area contributed by atoms with Gasteiger partial charge in [0.2, 0.25) is 0 Å². The van der Waals surface area contributed by atoms with Gasteiger partial charge in [0.15, 0.2) is 5.78 Å². The second kappa shape index (κ2) is 4.98. The molecule has 0 bridgehead atoms. The normalized spacial score (nSPS) is 10.4. The number of hydrogen-bond acceptors (Lipinski definition) is 1. The zero-order valence-electron chi connectivity index (χ0n) is 9.51. The Morgan fingerprint density at radius 1 is 1.11 bits per heavy atom. The highest BCUT2D eigenvalue weighted by Gasteiger charge is 2.14. The molecule has 0 unspecified atom stereocenters. The molecule has 2 aromatic carbocycles. The first-order valence-corrected chi connectivity index (χ1v) is 6.04. The smallest absolute Gasteiger partial charge is 0.193 e. The van der Waals surface area contributed by atoms with E-state index in [2.05, 4.69) is 15.9 Å². The van der Waals surface area contributed by atoms with Crippen LogP contribution in [0.5, 0.6) is 0 Å². The number of rotatable bonds is 2. The molecule has 0 aliphatic heterocycles. The van der Waals surface area contributed by atoms with E-state index in [1.54, 1.807) is 6.92 Å². The molecule has 1 nitrogen and oxygen atoms in total. The van der Waals surface area contributed by atoms with Crippen molar-refractivity contribution in [3.63, 3.8) is 0 Å². The molecule has 0 N–H and O–H groups in total. The second-order valence-corrected chi connectivity index (χ2v) is 4.77. The summed E-state index contributed by atoms with van der Waals surface area (Å²) < 4.78 is 26.8. The van der Waals surface area contributed by atoms with Gasteiger partial charge in [0.25, 0.3) is 0 Å². The van der Waals surface area contributed by atoms with Gasteiger partial charge in [0.05, 0.1) is 4.47 Å². The summed E-state index contributed by atoms with van der Waals surface area (Å²) in [5.74, 6) is -1.39. The maximum Gasteiger partial charge on any atom is 0.193 e. The number of aryl methyl sites for hydroxylation is 1. The van der Waals surface area contributed by atoms with E-state index in [1.165, 1.54) is 24.3 Å². The Morgan fingerprint density at radius 3 is 2.50 bits per heavy atom. The number of carbonyl (C=O) groups excluding carboxylic acids is 1. The molecule has 4 heteroatoms. The summed E-state index contributed by atoms with van der Waals surface area (Å²) in [6, 6.07) is 8.07. The Kier molecular flexibility index (Phi) is 3.57. The average molecular weight is 311 g/mol. The van der Waals surface area contributed by atoms with Crippen molar-refractivity contribution in [3.8, 4) is 0 Å². The van der Waals surface area contributed by atoms with Gasteiger partial charge in [-0.3, -0.25) is 4.79 Å². The van der Waals surface area contributed by atoms with E-state index in [4.69, 9.17) is 0 Å². The third-order valence-corrected chi connectivity index (χ3v) is 3.27. The molecule has 2 rings (SSSR count). The fourth-order valence-electron chi connectivity index (χ4n) is 1.63. The first kappa shape index (κ1) is 12.9. The standard InChI is InChI=1S/C14H9BrF2O/c1-8-2-4-10(16)7-11(8)14(18)9-3-5-12(15)13(17)6-9/h2-7H,1H3. The Labute approximate surface area is 112 Å². The lowest BCUT2D eigenvalue weighted by atomic mass is 9.99. The van der Waals surface area contributed by atoms with Crippen LogP contribution in [0, 0.1) is 18.6 Å². The Morgan fingerprint density at radius 2 is 1.83 bits per heavy atom. The van der Waals surface area contributed by atoms with Crippen LogP contribution in [0.15, 0.2) is 40.9 Å². The van der Waals surface area contributed by atoms with Crippen LogP contribution in [-0.2, 0) is 0 Å². The van der Waals surface area contributed by atoms with Crippen molar-refractivity contribution in [2.75, 3.05) is 0 Å². The van der Waals surface area contributed by atoms with Crippen LogP contribution >= 0.6 is 15.9 Å². The summed E-state index contributed by atoms with van der Waals surface area (Å²) in [6.07, 6.45) is 0. The molecule has 18 heavy (non-hydrogen) atoms. The molecule has 0 saturated carbocycles. The fraction of sp³-hybridized carbons (Fsp3) is 0.0714. The molecule has 0 saturated heterocycles. The van der Waals surface area contributed by atoms with E-state index >= 15 is 0 Å². The van der Waals surface area contributed by atoms with E-state index < -0.39 is 17.4 Å². The lowest BCUT2D eigenvalue weighted by molar-refractivity contribution is 0.103. The monoisotopic (exact) mass is 310 g/mol. The summed E-state index contributed by atoms with van der Waals surface area (Å²) in [5.41, 5.74) is 1.10. The van der Waals surface area contributed by atoms with Gasteiger partial charge in [-0.15, -0.1) is 0 Å². The molecule has 0 heterocycles. The molecule has 92 valence electrons. The van der Waals surface area contributed by atoms with Crippen LogP contribution in [0.25, 0.3) is 0 Å². The summed E-state index contributed by atoms with van der Waals surface area (Å²) in [4.78, 5) is 12.1. The van der Waals surface area contributed by atoms with Crippen molar-refractivity contribution in [2.24, 2.45) is 0 Å². The largest absolute Gasteiger partial charge is 0.289 e. The molecule has 0 amide bonds. The molecule has 0 fully saturated rings. The van der Waals surface area contributed by atoms with Crippen molar-refractivity contribution >= 4 is 21.7 Å². The lowest BCUT2D eigenvalue weighted by Crippen LogP contribution is -2.04. The second-order valence-electron chi connectivity index (χ2n) is 3.92. The summed E-state index contributed by atoms with van der Waals surface area (Å²) in [6.45, 7) is 1.71. The predicted octanol–water partition coefficient (Wildman–Crippen LogP) is 4.27. The topological polar surface area (TPSA) is 17.1 Å². The van der Waals surface area contributed by atoms with Gasteiger partial charge in [0.1, 0.15) is 11.6 Å². The predicted molar refractivity (Wildman–Crippen MR) is 68.7 cm³/mol. The van der Waals surface area contributed by atoms with E-state index in [0.717, 1.165) is 12.1 Å². The Balaban J connectivity index is 2.47. The van der Waals surface area contributed by atoms with Gasteiger partial charge in [-0.05, 0) is 58.7 Å². The molecule has 0 aliphatic carbocycles. The van der Waals surface area contributed by atoms with Gasteiger partial charge < -0.3 is 0 Å². The van der Waals surface area contributed by atoms with Crippen molar-refractivity contribution in [1.29, 1.82) is 0 Å². The molecule has 0 aromatic heterocycles. The van der Waals surface area contributed by atoms with E-state index in [9.17, 15) is 13.6 Å². The van der Waals surface area contributed by atoms with Gasteiger partial charge >= 0.3 is 0 Å². The minimum atomic E-state index is -0.519. The van der Waals surface area contributed by atoms with Crippen LogP contribution in [-0.4, -0.2) is 5.78 Å². The molecule has 2 aromatic rings. The minimum absolute atomic E-state index is 0.199. The fourth-order valence-corrected chi connectivity index (χ4v) is 1.88. The number of carbonyl (C=O) groups is 1. The zero-order chi connectivity index (χ0) is 13.3. The summed E-state index contributed by atoms with van der Waals surface area (Å²) in [5, 5.41) is 0. The highest BCUT2D eigenvalue weighted by Crippen LogP contribution is 2.20. The molecular formula is C14H9BrF2O. The lowest BCUT2D eigenvalue weighted by Gasteiger charge is -2.06. The highest BCUT2D eigenvalue weighted by atomic mass is 79.9. The molecule has 0 spiro atoms. The van der Waals surface area contributed by atoms with Gasteiger partial charge in [-0.1, -0.05) is 6.07 Å². The van der Waals surface area contributed by atoms with Gasteiger partial charge in [-0.2, -0.15) is 0 Å². The number of benzene rings is 2. The minimum Gasteiger partial charge on any atom is -0.289 e. The highest BCUT2D eigenvalue weighted by molar-refractivity contribution is 9.10. The van der Waals surface area contributed by atoms with Crippen LogP contribution in [0.2, 0.25) is 0 Å². The van der Waals surface area contributed by atoms with E-state index in [1.807, 2.05) is 0 Å². The maximum absolute atomic E-state index is 13.4. The van der Waals surface area contributed by atoms with E-state index in [0.29, 0.717) is 5.56 Å². The van der Waals surface area contributed by atoms with Gasteiger partial charge in [-0.25, -0.2) is 8.78 Å². The molecule has 0 radical (unpaired) electrons. The third kappa shape index (κ3) is 2.48. The van der Waals surface area contributed by atoms with Crippen molar-refractivity contribution in [1.82, 2.24) is 0 Å². The molecular weight excluding hydrogens is 302 g/mol. The van der Waals surface area contributed by atoms with Crippen molar-refractivity contribution in [2.45, 2.75) is 6.92 Å². The maximum atomic E-state index is 13.4. The SMILES string of the molecule is Cc1ccc(F)cc1C(=O)c1ccc(Br)c(F)c1. The summed E-state index contributed by atoms with van der Waals surface area (Å²) in [7, 11) is 0. The van der Waals surface area contributed by atoms with Crippen LogP contribution in [0.3, 0.4) is 0 Å². The van der Waals surface area contributed by atoms with Crippen LogP contribution < -0.4 is 0 Å². The summed E-state index contributed by atoms with van der Waals surface area (Å²) >= 11 is 3.01.